The number of aliphatic imine (C=N–C) groups is 1. The second-order valence-electron chi connectivity index (χ2n) is 8.17. The van der Waals surface area contributed by atoms with E-state index in [1.54, 1.807) is 18.0 Å². The molecule has 0 amide bonds. The van der Waals surface area contributed by atoms with E-state index in [2.05, 4.69) is 20.2 Å². The standard InChI is InChI=1S/C28H24N6O2S/c1-36-28(35)24(33-25(19-9-4-2-5-10-19)20-11-6-3-7-12-20)15-21-13-8-14-22(32-21)17-37-27-23-16-31-34-26(23)29-18-30-27/h2-14,16,18,24H,15,17H2,1H3,(H,29,30,31,34). The van der Waals surface area contributed by atoms with Crippen molar-refractivity contribution in [3.05, 3.63) is 114 Å². The molecule has 0 saturated heterocycles. The van der Waals surface area contributed by atoms with Crippen LogP contribution in [0.4, 0.5) is 0 Å². The van der Waals surface area contributed by atoms with Crippen molar-refractivity contribution in [3.8, 4) is 0 Å². The summed E-state index contributed by atoms with van der Waals surface area (Å²) in [6.07, 6.45) is 3.55. The van der Waals surface area contributed by atoms with E-state index in [0.29, 0.717) is 17.8 Å². The minimum Gasteiger partial charge on any atom is -0.467 e. The number of nitrogens with one attached hydrogen (secondary N) is 1. The van der Waals surface area contributed by atoms with Crippen LogP contribution in [0.5, 0.6) is 0 Å². The van der Waals surface area contributed by atoms with Gasteiger partial charge in [-0.05, 0) is 12.1 Å². The lowest BCUT2D eigenvalue weighted by molar-refractivity contribution is -0.142. The smallest absolute Gasteiger partial charge is 0.331 e. The lowest BCUT2D eigenvalue weighted by Gasteiger charge is -2.15. The van der Waals surface area contributed by atoms with Gasteiger partial charge in [-0.2, -0.15) is 5.10 Å². The molecule has 0 radical (unpaired) electrons. The van der Waals surface area contributed by atoms with Crippen LogP contribution in [0, 0.1) is 0 Å². The van der Waals surface area contributed by atoms with Crippen LogP contribution in [-0.4, -0.2) is 50.0 Å². The zero-order valence-electron chi connectivity index (χ0n) is 20.1. The van der Waals surface area contributed by atoms with E-state index in [-0.39, 0.29) is 0 Å². The van der Waals surface area contributed by atoms with Crippen molar-refractivity contribution in [3.63, 3.8) is 0 Å². The number of methoxy groups -OCH3 is 1. The molecule has 1 atom stereocenters. The number of carbonyl (C=O) groups is 1. The minimum atomic E-state index is -0.747. The molecule has 0 aliphatic heterocycles. The first-order valence-corrected chi connectivity index (χ1v) is 12.7. The van der Waals surface area contributed by atoms with Crippen molar-refractivity contribution in [2.24, 2.45) is 4.99 Å². The fourth-order valence-electron chi connectivity index (χ4n) is 3.90. The third-order valence-electron chi connectivity index (χ3n) is 5.69. The molecule has 0 spiro atoms. The van der Waals surface area contributed by atoms with E-state index < -0.39 is 12.0 Å². The number of hydrogen-bond donors (Lipinski definition) is 1. The highest BCUT2D eigenvalue weighted by Crippen LogP contribution is 2.26. The fourth-order valence-corrected chi connectivity index (χ4v) is 4.77. The van der Waals surface area contributed by atoms with Crippen LogP contribution in [0.2, 0.25) is 0 Å². The number of hydrogen-bond acceptors (Lipinski definition) is 8. The Labute approximate surface area is 218 Å². The Hall–Kier alpha value is -4.37. The molecule has 5 aromatic rings. The number of nitrogens with zero attached hydrogens (tertiary/aromatic N) is 5. The summed E-state index contributed by atoms with van der Waals surface area (Å²) in [5.74, 6) is 0.200. The molecular weight excluding hydrogens is 484 g/mol. The molecule has 2 aromatic carbocycles. The Kier molecular flexibility index (Phi) is 7.61. The predicted molar refractivity (Wildman–Crippen MR) is 144 cm³/mol. The average molecular weight is 509 g/mol. The maximum Gasteiger partial charge on any atom is 0.331 e. The first kappa shape index (κ1) is 24.3. The second kappa shape index (κ2) is 11.6. The summed E-state index contributed by atoms with van der Waals surface area (Å²) in [5.41, 5.74) is 4.92. The van der Waals surface area contributed by atoms with Crippen molar-refractivity contribution in [2.75, 3.05) is 7.11 Å². The summed E-state index contributed by atoms with van der Waals surface area (Å²) < 4.78 is 5.13. The van der Waals surface area contributed by atoms with Gasteiger partial charge < -0.3 is 4.74 Å². The number of thioether (sulfide) groups is 1. The number of fused-ring (bicyclic) bond motifs is 1. The van der Waals surface area contributed by atoms with E-state index in [1.165, 1.54) is 13.4 Å². The van der Waals surface area contributed by atoms with E-state index in [9.17, 15) is 4.79 Å². The van der Waals surface area contributed by atoms with Gasteiger partial charge in [0.05, 0.1) is 30.1 Å². The van der Waals surface area contributed by atoms with Crippen molar-refractivity contribution >= 4 is 34.5 Å². The summed E-state index contributed by atoms with van der Waals surface area (Å²) in [6.45, 7) is 0. The molecule has 37 heavy (non-hydrogen) atoms. The molecule has 184 valence electrons. The molecule has 9 heteroatoms. The Morgan fingerprint density at radius 2 is 1.65 bits per heavy atom. The van der Waals surface area contributed by atoms with E-state index in [1.807, 2.05) is 78.9 Å². The second-order valence-corrected chi connectivity index (χ2v) is 9.14. The van der Waals surface area contributed by atoms with Crippen LogP contribution in [-0.2, 0) is 21.7 Å². The third kappa shape index (κ3) is 5.90. The summed E-state index contributed by atoms with van der Waals surface area (Å²) >= 11 is 1.56. The lowest BCUT2D eigenvalue weighted by atomic mass is 10.0. The molecule has 0 saturated carbocycles. The Morgan fingerprint density at radius 3 is 2.35 bits per heavy atom. The zero-order chi connectivity index (χ0) is 25.5. The molecule has 1 unspecified atom stereocenters. The van der Waals surface area contributed by atoms with Crippen LogP contribution in [0.25, 0.3) is 11.0 Å². The Morgan fingerprint density at radius 1 is 0.946 bits per heavy atom. The van der Waals surface area contributed by atoms with E-state index >= 15 is 0 Å². The van der Waals surface area contributed by atoms with Gasteiger partial charge in [-0.25, -0.2) is 14.8 Å². The normalized spacial score (nSPS) is 11.7. The molecule has 0 aliphatic carbocycles. The molecule has 0 fully saturated rings. The van der Waals surface area contributed by atoms with Crippen LogP contribution in [0.1, 0.15) is 22.5 Å². The van der Waals surface area contributed by atoms with Gasteiger partial charge in [0.2, 0.25) is 0 Å². The molecule has 0 aliphatic rings. The molecule has 1 N–H and O–H groups in total. The van der Waals surface area contributed by atoms with Gasteiger partial charge in [0.25, 0.3) is 0 Å². The predicted octanol–water partition coefficient (Wildman–Crippen LogP) is 4.66. The summed E-state index contributed by atoms with van der Waals surface area (Å²) in [6, 6.07) is 24.7. The third-order valence-corrected chi connectivity index (χ3v) is 6.73. The Balaban J connectivity index is 1.40. The molecule has 5 rings (SSSR count). The number of H-pyrrole nitrogens is 1. The van der Waals surface area contributed by atoms with Gasteiger partial charge in [-0.3, -0.25) is 15.1 Å². The van der Waals surface area contributed by atoms with Crippen molar-refractivity contribution in [1.82, 2.24) is 25.1 Å². The Bertz CT molecular complexity index is 1480. The average Bonchev–Trinajstić information content (AvgIpc) is 3.44. The van der Waals surface area contributed by atoms with Gasteiger partial charge in [-0.1, -0.05) is 78.5 Å². The summed E-state index contributed by atoms with van der Waals surface area (Å²) in [7, 11) is 1.38. The lowest BCUT2D eigenvalue weighted by Crippen LogP contribution is -2.25. The van der Waals surface area contributed by atoms with Gasteiger partial charge in [-0.15, -0.1) is 0 Å². The van der Waals surface area contributed by atoms with Crippen LogP contribution < -0.4 is 0 Å². The SMILES string of the molecule is COC(=O)C(Cc1cccc(CSc2ncnc3[nH]ncc23)n1)N=C(c1ccccc1)c1ccccc1. The monoisotopic (exact) mass is 508 g/mol. The van der Waals surface area contributed by atoms with Gasteiger partial charge in [0.1, 0.15) is 11.4 Å². The quantitative estimate of drug-likeness (QED) is 0.134. The number of benzene rings is 2. The molecule has 3 aromatic heterocycles. The highest BCUT2D eigenvalue weighted by atomic mass is 32.2. The number of rotatable bonds is 9. The molecule has 8 nitrogen and oxygen atoms in total. The van der Waals surface area contributed by atoms with Crippen molar-refractivity contribution < 1.29 is 9.53 Å². The summed E-state index contributed by atoms with van der Waals surface area (Å²) in [5, 5.41) is 8.61. The maximum atomic E-state index is 12.8. The van der Waals surface area contributed by atoms with E-state index in [4.69, 9.17) is 14.7 Å². The van der Waals surface area contributed by atoms with Crippen molar-refractivity contribution in [1.29, 1.82) is 0 Å². The largest absolute Gasteiger partial charge is 0.467 e. The zero-order valence-corrected chi connectivity index (χ0v) is 20.9. The fraction of sp³-hybridized carbons (Fsp3) is 0.143. The molecule has 0 bridgehead atoms. The number of aromatic nitrogens is 5. The summed E-state index contributed by atoms with van der Waals surface area (Å²) in [4.78, 5) is 31.1. The first-order chi connectivity index (χ1) is 18.2. The number of pyridine rings is 1. The van der Waals surface area contributed by atoms with Crippen LogP contribution in [0.3, 0.4) is 0 Å². The number of aromatic amines is 1. The van der Waals surface area contributed by atoms with E-state index in [0.717, 1.165) is 38.6 Å². The van der Waals surface area contributed by atoms with Crippen LogP contribution >= 0.6 is 11.8 Å². The molecule has 3 heterocycles. The highest BCUT2D eigenvalue weighted by molar-refractivity contribution is 7.98. The topological polar surface area (TPSA) is 106 Å². The number of ether oxygens (including phenoxy) is 1. The molecular formula is C28H24N6O2S. The van der Waals surface area contributed by atoms with Crippen molar-refractivity contribution in [2.45, 2.75) is 23.2 Å². The first-order valence-electron chi connectivity index (χ1n) is 11.7. The number of esters is 1. The minimum absolute atomic E-state index is 0.313. The highest BCUT2D eigenvalue weighted by Gasteiger charge is 2.22. The van der Waals surface area contributed by atoms with Gasteiger partial charge in [0, 0.05) is 29.0 Å². The van der Waals surface area contributed by atoms with Gasteiger partial charge in [0.15, 0.2) is 11.7 Å². The number of carbonyl (C=O) groups excluding carboxylic acids is 1. The van der Waals surface area contributed by atoms with Gasteiger partial charge >= 0.3 is 5.97 Å². The maximum absolute atomic E-state index is 12.8. The van der Waals surface area contributed by atoms with Crippen LogP contribution in [0.15, 0.2) is 101 Å².